The van der Waals surface area contributed by atoms with Crippen LogP contribution in [-0.2, 0) is 18.3 Å². The number of amides is 1. The second-order valence-electron chi connectivity index (χ2n) is 5.52. The van der Waals surface area contributed by atoms with Crippen LogP contribution < -0.4 is 5.32 Å². The Balaban J connectivity index is 1.48. The number of thioether (sulfide) groups is 1. The lowest BCUT2D eigenvalue weighted by Gasteiger charge is -2.10. The van der Waals surface area contributed by atoms with Gasteiger partial charge in [-0.3, -0.25) is 4.79 Å². The van der Waals surface area contributed by atoms with E-state index in [0.717, 1.165) is 22.1 Å². The minimum Gasteiger partial charge on any atom is -0.355 e. The molecule has 0 spiro atoms. The molecule has 0 fully saturated rings. The fraction of sp³-hybridized carbons (Fsp3) is 0.500. The summed E-state index contributed by atoms with van der Waals surface area (Å²) in [6.07, 6.45) is 2.50. The van der Waals surface area contributed by atoms with E-state index in [1.165, 1.54) is 18.1 Å². The second-order valence-corrected chi connectivity index (χ2v) is 6.58. The van der Waals surface area contributed by atoms with Crippen LogP contribution in [0.15, 0.2) is 11.5 Å². The van der Waals surface area contributed by atoms with Crippen LogP contribution in [0.25, 0.3) is 5.78 Å². The number of carbonyl (C=O) groups is 1. The lowest BCUT2D eigenvalue weighted by atomic mass is 10.1. The van der Waals surface area contributed by atoms with E-state index in [1.54, 1.807) is 16.2 Å². The van der Waals surface area contributed by atoms with Crippen molar-refractivity contribution < 1.29 is 4.79 Å². The Kier molecular flexibility index (Phi) is 5.22. The summed E-state index contributed by atoms with van der Waals surface area (Å²) >= 11 is 1.50. The highest BCUT2D eigenvalue weighted by molar-refractivity contribution is 7.99. The van der Waals surface area contributed by atoms with Crippen LogP contribution in [0.2, 0.25) is 0 Å². The molecule has 132 valence electrons. The van der Waals surface area contributed by atoms with E-state index in [1.807, 2.05) is 13.8 Å². The van der Waals surface area contributed by atoms with E-state index in [2.05, 4.69) is 35.9 Å². The van der Waals surface area contributed by atoms with Gasteiger partial charge in [-0.2, -0.15) is 10.1 Å². The second kappa shape index (κ2) is 7.55. The Bertz CT molecular complexity index is 888. The van der Waals surface area contributed by atoms with Gasteiger partial charge in [0.05, 0.1) is 0 Å². The number of aryl methyl sites for hydroxylation is 3. The fourth-order valence-electron chi connectivity index (χ4n) is 2.52. The fourth-order valence-corrected chi connectivity index (χ4v) is 3.22. The minimum atomic E-state index is 0.00850. The Morgan fingerprint density at radius 1 is 1.36 bits per heavy atom. The lowest BCUT2D eigenvalue weighted by molar-refractivity contribution is -0.120. The molecule has 0 saturated heterocycles. The first-order valence-electron chi connectivity index (χ1n) is 7.84. The van der Waals surface area contributed by atoms with Crippen LogP contribution >= 0.6 is 11.8 Å². The van der Waals surface area contributed by atoms with Gasteiger partial charge in [-0.25, -0.2) is 14.2 Å². The zero-order chi connectivity index (χ0) is 17.8. The molecule has 0 saturated carbocycles. The number of tetrazole rings is 1. The molecule has 0 atom stereocenters. The van der Waals surface area contributed by atoms with E-state index in [-0.39, 0.29) is 5.91 Å². The van der Waals surface area contributed by atoms with E-state index in [0.29, 0.717) is 30.9 Å². The molecular weight excluding hydrogens is 342 g/mol. The third kappa shape index (κ3) is 3.92. The Morgan fingerprint density at radius 3 is 2.96 bits per heavy atom. The van der Waals surface area contributed by atoms with Gasteiger partial charge in [-0.15, -0.1) is 5.10 Å². The number of aromatic nitrogens is 8. The van der Waals surface area contributed by atoms with Crippen LogP contribution in [0, 0.1) is 13.8 Å². The molecule has 0 unspecified atom stereocenters. The standard InChI is InChI=1S/C14H19N9OS/c1-9-11(10(2)23-13(18-9)16-8-17-23)4-5-12(24)15-6-7-25-14-19-20-21-22(14)3/h8H,4-7H2,1-3H3,(H,15,24). The zero-order valence-electron chi connectivity index (χ0n) is 14.3. The summed E-state index contributed by atoms with van der Waals surface area (Å²) in [7, 11) is 1.78. The molecule has 3 aromatic heterocycles. The van der Waals surface area contributed by atoms with Crippen molar-refractivity contribution in [2.45, 2.75) is 31.8 Å². The molecule has 0 aromatic carbocycles. The topological polar surface area (TPSA) is 116 Å². The Morgan fingerprint density at radius 2 is 2.20 bits per heavy atom. The van der Waals surface area contributed by atoms with Crippen LogP contribution in [0.1, 0.15) is 23.4 Å². The van der Waals surface area contributed by atoms with Crippen LogP contribution in [0.5, 0.6) is 0 Å². The van der Waals surface area contributed by atoms with Gasteiger partial charge in [-0.05, 0) is 36.3 Å². The summed E-state index contributed by atoms with van der Waals surface area (Å²) < 4.78 is 3.30. The van der Waals surface area contributed by atoms with Crippen molar-refractivity contribution in [3.63, 3.8) is 0 Å². The van der Waals surface area contributed by atoms with Gasteiger partial charge in [0, 0.05) is 37.2 Å². The summed E-state index contributed by atoms with van der Waals surface area (Å²) in [6, 6.07) is 0. The van der Waals surface area contributed by atoms with Gasteiger partial charge >= 0.3 is 0 Å². The monoisotopic (exact) mass is 361 g/mol. The number of nitrogens with zero attached hydrogens (tertiary/aromatic N) is 8. The lowest BCUT2D eigenvalue weighted by Crippen LogP contribution is -2.26. The molecule has 0 aliphatic heterocycles. The highest BCUT2D eigenvalue weighted by Gasteiger charge is 2.12. The summed E-state index contributed by atoms with van der Waals surface area (Å²) in [6.45, 7) is 4.46. The third-order valence-electron chi connectivity index (χ3n) is 3.83. The maximum Gasteiger partial charge on any atom is 0.252 e. The van der Waals surface area contributed by atoms with Gasteiger partial charge in [0.1, 0.15) is 6.33 Å². The predicted molar refractivity (Wildman–Crippen MR) is 91.1 cm³/mol. The van der Waals surface area contributed by atoms with Gasteiger partial charge in [0.15, 0.2) is 0 Å². The summed E-state index contributed by atoms with van der Waals surface area (Å²) in [4.78, 5) is 20.6. The molecule has 11 heteroatoms. The van der Waals surface area contributed by atoms with Crippen LogP contribution in [0.3, 0.4) is 0 Å². The van der Waals surface area contributed by atoms with Crippen molar-refractivity contribution in [2.75, 3.05) is 12.3 Å². The van der Waals surface area contributed by atoms with E-state index >= 15 is 0 Å². The first kappa shape index (κ1) is 17.3. The Labute approximate surface area is 148 Å². The molecule has 10 nitrogen and oxygen atoms in total. The number of nitrogens with one attached hydrogen (secondary N) is 1. The van der Waals surface area contributed by atoms with Crippen molar-refractivity contribution in [1.82, 2.24) is 45.1 Å². The van der Waals surface area contributed by atoms with Gasteiger partial charge in [0.2, 0.25) is 11.1 Å². The number of hydrogen-bond donors (Lipinski definition) is 1. The molecule has 3 heterocycles. The molecule has 1 amide bonds. The molecule has 3 rings (SSSR count). The number of fused-ring (bicyclic) bond motifs is 1. The Hall–Kier alpha value is -2.56. The van der Waals surface area contributed by atoms with E-state index < -0.39 is 0 Å². The van der Waals surface area contributed by atoms with E-state index in [9.17, 15) is 4.79 Å². The maximum absolute atomic E-state index is 12.1. The predicted octanol–water partition coefficient (Wildman–Crippen LogP) is 0.106. The van der Waals surface area contributed by atoms with Gasteiger partial charge in [0.25, 0.3) is 5.78 Å². The van der Waals surface area contributed by atoms with Crippen LogP contribution in [0.4, 0.5) is 0 Å². The first-order chi connectivity index (χ1) is 12.1. The van der Waals surface area contributed by atoms with Crippen molar-refractivity contribution in [2.24, 2.45) is 7.05 Å². The quantitative estimate of drug-likeness (QED) is 0.465. The molecule has 0 bridgehead atoms. The number of carbonyl (C=O) groups excluding carboxylic acids is 1. The smallest absolute Gasteiger partial charge is 0.252 e. The average Bonchev–Trinajstić information content (AvgIpc) is 3.20. The minimum absolute atomic E-state index is 0.00850. The first-order valence-corrected chi connectivity index (χ1v) is 8.82. The largest absolute Gasteiger partial charge is 0.355 e. The maximum atomic E-state index is 12.1. The summed E-state index contributed by atoms with van der Waals surface area (Å²) in [5.74, 6) is 1.30. The van der Waals surface area contributed by atoms with Crippen molar-refractivity contribution in [3.05, 3.63) is 23.3 Å². The van der Waals surface area contributed by atoms with Crippen molar-refractivity contribution in [1.29, 1.82) is 0 Å². The molecule has 3 aromatic rings. The summed E-state index contributed by atoms with van der Waals surface area (Å²) in [5.41, 5.74) is 2.89. The zero-order valence-corrected chi connectivity index (χ0v) is 15.1. The normalized spacial score (nSPS) is 11.2. The average molecular weight is 361 g/mol. The highest BCUT2D eigenvalue weighted by atomic mass is 32.2. The molecule has 0 aliphatic rings. The number of rotatable bonds is 7. The molecular formula is C14H19N9OS. The SMILES string of the molecule is Cc1nc2ncnn2c(C)c1CCC(=O)NCCSc1nnnn1C. The molecule has 1 N–H and O–H groups in total. The molecule has 0 radical (unpaired) electrons. The molecule has 25 heavy (non-hydrogen) atoms. The van der Waals surface area contributed by atoms with E-state index in [4.69, 9.17) is 0 Å². The van der Waals surface area contributed by atoms with Crippen molar-refractivity contribution >= 4 is 23.4 Å². The summed E-state index contributed by atoms with van der Waals surface area (Å²) in [5, 5.41) is 19.0. The van der Waals surface area contributed by atoms with Crippen LogP contribution in [-0.4, -0.2) is 58.0 Å². The van der Waals surface area contributed by atoms with Gasteiger partial charge < -0.3 is 5.32 Å². The third-order valence-corrected chi connectivity index (χ3v) is 4.84. The number of hydrogen-bond acceptors (Lipinski definition) is 8. The molecule has 0 aliphatic carbocycles. The highest BCUT2D eigenvalue weighted by Crippen LogP contribution is 2.15. The van der Waals surface area contributed by atoms with Crippen molar-refractivity contribution in [3.8, 4) is 0 Å². The van der Waals surface area contributed by atoms with Gasteiger partial charge in [-0.1, -0.05) is 11.8 Å².